The van der Waals surface area contributed by atoms with E-state index in [0.29, 0.717) is 12.6 Å². The molecule has 1 aromatic carbocycles. The van der Waals surface area contributed by atoms with E-state index >= 15 is 0 Å². The zero-order chi connectivity index (χ0) is 13.7. The van der Waals surface area contributed by atoms with E-state index in [1.54, 1.807) is 0 Å². The van der Waals surface area contributed by atoms with Gasteiger partial charge < -0.3 is 15.2 Å². The van der Waals surface area contributed by atoms with Gasteiger partial charge in [0.2, 0.25) is 0 Å². The second-order valence-electron chi connectivity index (χ2n) is 5.05. The van der Waals surface area contributed by atoms with Crippen LogP contribution in [0.3, 0.4) is 0 Å². The van der Waals surface area contributed by atoms with Crippen molar-refractivity contribution in [3.8, 4) is 5.75 Å². The van der Waals surface area contributed by atoms with Crippen LogP contribution in [0.5, 0.6) is 5.75 Å². The number of hydrogen-bond donors (Lipinski definition) is 2. The first-order chi connectivity index (χ1) is 9.22. The Labute approximate surface area is 115 Å². The highest BCUT2D eigenvalue weighted by Gasteiger charge is 2.23. The topological polar surface area (TPSA) is 44.7 Å². The molecule has 0 aliphatic carbocycles. The largest absolute Gasteiger partial charge is 0.494 e. The van der Waals surface area contributed by atoms with Gasteiger partial charge in [0, 0.05) is 25.7 Å². The van der Waals surface area contributed by atoms with Gasteiger partial charge in [0.25, 0.3) is 0 Å². The molecule has 0 aromatic heterocycles. The van der Waals surface area contributed by atoms with E-state index in [2.05, 4.69) is 22.3 Å². The Bertz CT molecular complexity index is 380. The van der Waals surface area contributed by atoms with E-state index in [0.717, 1.165) is 31.8 Å². The van der Waals surface area contributed by atoms with Crippen LogP contribution in [0.2, 0.25) is 0 Å². The van der Waals surface area contributed by atoms with Gasteiger partial charge in [-0.05, 0) is 38.1 Å². The van der Waals surface area contributed by atoms with Crippen LogP contribution in [-0.4, -0.2) is 49.4 Å². The van der Waals surface area contributed by atoms with E-state index in [9.17, 15) is 5.11 Å². The van der Waals surface area contributed by atoms with Gasteiger partial charge in [-0.3, -0.25) is 4.90 Å². The normalized spacial score (nSPS) is 21.5. The van der Waals surface area contributed by atoms with Crippen molar-refractivity contribution in [2.24, 2.45) is 0 Å². The number of aliphatic hydroxyl groups is 1. The van der Waals surface area contributed by atoms with Crippen LogP contribution >= 0.6 is 0 Å². The van der Waals surface area contributed by atoms with Gasteiger partial charge in [0.1, 0.15) is 5.75 Å². The predicted molar refractivity (Wildman–Crippen MR) is 76.5 cm³/mol. The molecule has 2 rings (SSSR count). The zero-order valence-electron chi connectivity index (χ0n) is 11.8. The van der Waals surface area contributed by atoms with E-state index < -0.39 is 0 Å². The first-order valence-corrected chi connectivity index (χ1v) is 7.03. The number of ether oxygens (including phenoxy) is 1. The third kappa shape index (κ3) is 3.93. The molecule has 1 unspecified atom stereocenters. The van der Waals surface area contributed by atoms with Gasteiger partial charge in [-0.2, -0.15) is 0 Å². The lowest BCUT2D eigenvalue weighted by molar-refractivity contribution is 0.173. The summed E-state index contributed by atoms with van der Waals surface area (Å²) in [5.74, 6) is 0.915. The maximum atomic E-state index is 9.57. The second kappa shape index (κ2) is 6.89. The lowest BCUT2D eigenvalue weighted by Crippen LogP contribution is -2.32. The van der Waals surface area contributed by atoms with Crippen LogP contribution in [0.4, 0.5) is 0 Å². The van der Waals surface area contributed by atoms with Crippen molar-refractivity contribution in [1.29, 1.82) is 0 Å². The van der Waals surface area contributed by atoms with Crippen molar-refractivity contribution in [2.75, 3.05) is 33.3 Å². The molecule has 106 valence electrons. The molecular formula is C15H24N2O2. The van der Waals surface area contributed by atoms with Crippen molar-refractivity contribution in [1.82, 2.24) is 10.2 Å². The molecule has 19 heavy (non-hydrogen) atoms. The summed E-state index contributed by atoms with van der Waals surface area (Å²) >= 11 is 0. The molecule has 0 radical (unpaired) electrons. The quantitative estimate of drug-likeness (QED) is 0.815. The number of β-amino-alcohol motifs (C(OH)–C–C–N with tert-alkyl or cyclic N) is 1. The average molecular weight is 264 g/mol. The molecule has 0 saturated carbocycles. The number of nitrogens with one attached hydrogen (secondary N) is 1. The third-order valence-corrected chi connectivity index (χ3v) is 3.63. The maximum absolute atomic E-state index is 9.57. The smallest absolute Gasteiger partial charge is 0.119 e. The molecule has 1 heterocycles. The van der Waals surface area contributed by atoms with Crippen LogP contribution in [-0.2, 0) is 0 Å². The summed E-state index contributed by atoms with van der Waals surface area (Å²) in [7, 11) is 1.98. The number of rotatable bonds is 6. The van der Waals surface area contributed by atoms with Gasteiger partial charge >= 0.3 is 0 Å². The van der Waals surface area contributed by atoms with Crippen molar-refractivity contribution < 1.29 is 9.84 Å². The Morgan fingerprint density at radius 2 is 2.16 bits per heavy atom. The minimum atomic E-state index is -0.155. The number of likely N-dealkylation sites (tertiary alicyclic amines) is 1. The van der Waals surface area contributed by atoms with E-state index in [1.807, 2.05) is 26.1 Å². The first-order valence-electron chi connectivity index (χ1n) is 7.03. The summed E-state index contributed by atoms with van der Waals surface area (Å²) in [4.78, 5) is 2.31. The van der Waals surface area contributed by atoms with Gasteiger partial charge in [0.05, 0.1) is 12.7 Å². The van der Waals surface area contributed by atoms with Crippen LogP contribution in [0.1, 0.15) is 24.9 Å². The van der Waals surface area contributed by atoms with Gasteiger partial charge in [-0.15, -0.1) is 0 Å². The van der Waals surface area contributed by atoms with Crippen molar-refractivity contribution in [3.05, 3.63) is 29.8 Å². The Balaban J connectivity index is 1.96. The van der Waals surface area contributed by atoms with E-state index in [1.165, 1.54) is 5.56 Å². The molecule has 1 saturated heterocycles. The third-order valence-electron chi connectivity index (χ3n) is 3.63. The highest BCUT2D eigenvalue weighted by molar-refractivity contribution is 5.29. The Kier molecular flexibility index (Phi) is 5.19. The molecule has 0 amide bonds. The minimum absolute atomic E-state index is 0.155. The van der Waals surface area contributed by atoms with Gasteiger partial charge in [0.15, 0.2) is 0 Å². The summed E-state index contributed by atoms with van der Waals surface area (Å²) in [6.07, 6.45) is 0.734. The Morgan fingerprint density at radius 3 is 2.68 bits per heavy atom. The molecule has 0 spiro atoms. The fourth-order valence-corrected chi connectivity index (χ4v) is 2.56. The zero-order valence-corrected chi connectivity index (χ0v) is 11.8. The summed E-state index contributed by atoms with van der Waals surface area (Å²) in [5, 5.41) is 12.9. The molecule has 0 bridgehead atoms. The molecule has 4 nitrogen and oxygen atoms in total. The predicted octanol–water partition coefficient (Wildman–Crippen LogP) is 1.41. The molecule has 2 atom stereocenters. The summed E-state index contributed by atoms with van der Waals surface area (Å²) in [5.41, 5.74) is 1.26. The fourth-order valence-electron chi connectivity index (χ4n) is 2.56. The SMILES string of the molecule is CCOc1ccc([C@@H](CN2CCC(O)C2)NC)cc1. The number of nitrogens with zero attached hydrogens (tertiary/aromatic N) is 1. The minimum Gasteiger partial charge on any atom is -0.494 e. The van der Waals surface area contributed by atoms with Crippen LogP contribution < -0.4 is 10.1 Å². The van der Waals surface area contributed by atoms with Crippen LogP contribution in [0, 0.1) is 0 Å². The van der Waals surface area contributed by atoms with Gasteiger partial charge in [-0.25, -0.2) is 0 Å². The average Bonchev–Trinajstić information content (AvgIpc) is 2.83. The van der Waals surface area contributed by atoms with E-state index in [-0.39, 0.29) is 6.10 Å². The number of aliphatic hydroxyl groups excluding tert-OH is 1. The standard InChI is InChI=1S/C15H24N2O2/c1-3-19-14-6-4-12(5-7-14)15(16-2)11-17-9-8-13(18)10-17/h4-7,13,15-16,18H,3,8-11H2,1-2H3/t13?,15-/m1/s1. The van der Waals surface area contributed by atoms with E-state index in [4.69, 9.17) is 4.74 Å². The monoisotopic (exact) mass is 264 g/mol. The first kappa shape index (κ1) is 14.3. The van der Waals surface area contributed by atoms with Crippen LogP contribution in [0.15, 0.2) is 24.3 Å². The highest BCUT2D eigenvalue weighted by atomic mass is 16.5. The van der Waals surface area contributed by atoms with Crippen molar-refractivity contribution >= 4 is 0 Å². The molecule has 1 fully saturated rings. The molecule has 1 aliphatic rings. The Morgan fingerprint density at radius 1 is 1.42 bits per heavy atom. The number of likely N-dealkylation sites (N-methyl/N-ethyl adjacent to an activating group) is 1. The molecule has 1 aliphatic heterocycles. The molecule has 4 heteroatoms. The Hall–Kier alpha value is -1.10. The summed E-state index contributed by atoms with van der Waals surface area (Å²) in [6, 6.07) is 8.54. The molecular weight excluding hydrogens is 240 g/mol. The van der Waals surface area contributed by atoms with Crippen molar-refractivity contribution in [2.45, 2.75) is 25.5 Å². The number of hydrogen-bond acceptors (Lipinski definition) is 4. The molecule has 2 N–H and O–H groups in total. The van der Waals surface area contributed by atoms with Crippen LogP contribution in [0.25, 0.3) is 0 Å². The molecule has 1 aromatic rings. The maximum Gasteiger partial charge on any atom is 0.119 e. The summed E-state index contributed by atoms with van der Waals surface area (Å²) in [6.45, 7) is 5.39. The lowest BCUT2D eigenvalue weighted by Gasteiger charge is -2.23. The lowest BCUT2D eigenvalue weighted by atomic mass is 10.1. The fraction of sp³-hybridized carbons (Fsp3) is 0.600. The van der Waals surface area contributed by atoms with Crippen molar-refractivity contribution in [3.63, 3.8) is 0 Å². The summed E-state index contributed by atoms with van der Waals surface area (Å²) < 4.78 is 5.46. The second-order valence-corrected chi connectivity index (χ2v) is 5.05. The van der Waals surface area contributed by atoms with Gasteiger partial charge in [-0.1, -0.05) is 12.1 Å². The number of benzene rings is 1. The highest BCUT2D eigenvalue weighted by Crippen LogP contribution is 2.20.